The van der Waals surface area contributed by atoms with Gasteiger partial charge >= 0.3 is 0 Å². The fourth-order valence-electron chi connectivity index (χ4n) is 7.56. The highest BCUT2D eigenvalue weighted by Crippen LogP contribution is 2.41. The molecule has 0 bridgehead atoms. The molecular formula is C53H45N3O2. The van der Waals surface area contributed by atoms with Crippen LogP contribution >= 0.6 is 0 Å². The lowest BCUT2D eigenvalue weighted by atomic mass is 9.74. The van der Waals surface area contributed by atoms with E-state index in [9.17, 15) is 10.5 Å². The van der Waals surface area contributed by atoms with E-state index in [2.05, 4.69) is 164 Å². The van der Waals surface area contributed by atoms with E-state index in [1.54, 1.807) is 14.2 Å². The molecule has 0 N–H and O–H groups in total. The minimum atomic E-state index is -0.0932. The molecular weight excluding hydrogens is 711 g/mol. The predicted octanol–water partition coefficient (Wildman–Crippen LogP) is 13.8. The topological polar surface area (TPSA) is 69.3 Å². The van der Waals surface area contributed by atoms with Crippen LogP contribution in [0.2, 0.25) is 0 Å². The van der Waals surface area contributed by atoms with Crippen LogP contribution in [0.25, 0.3) is 40.5 Å². The summed E-state index contributed by atoms with van der Waals surface area (Å²) in [6, 6.07) is 54.5. The number of allylic oxidation sites excluding steroid dienone is 5. The highest BCUT2D eigenvalue weighted by atomic mass is 16.5. The Hall–Kier alpha value is -7.34. The molecule has 6 aromatic carbocycles. The van der Waals surface area contributed by atoms with Crippen molar-refractivity contribution in [3.63, 3.8) is 0 Å². The largest absolute Gasteiger partial charge is 0.497 e. The number of nitriles is 2. The number of para-hydroxylation sites is 2. The maximum absolute atomic E-state index is 9.67. The minimum absolute atomic E-state index is 0.0932. The van der Waals surface area contributed by atoms with Crippen molar-refractivity contribution < 1.29 is 9.47 Å². The van der Waals surface area contributed by atoms with Gasteiger partial charge < -0.3 is 14.4 Å². The van der Waals surface area contributed by atoms with Crippen LogP contribution < -0.4 is 14.4 Å². The van der Waals surface area contributed by atoms with Gasteiger partial charge in [-0.15, -0.1) is 0 Å². The van der Waals surface area contributed by atoms with E-state index in [4.69, 9.17) is 9.47 Å². The normalized spacial score (nSPS) is 13.4. The first-order chi connectivity index (χ1) is 28.3. The van der Waals surface area contributed by atoms with Crippen LogP contribution in [-0.4, -0.2) is 14.2 Å². The average Bonchev–Trinajstić information content (AvgIpc) is 3.26. The van der Waals surface area contributed by atoms with Crippen molar-refractivity contribution in [3.05, 3.63) is 191 Å². The number of hydrogen-bond acceptors (Lipinski definition) is 5. The van der Waals surface area contributed by atoms with Crippen LogP contribution in [0.3, 0.4) is 0 Å². The molecule has 0 unspecified atom stereocenters. The molecule has 1 aliphatic rings. The fraction of sp³-hybridized carbons (Fsp3) is 0.132. The van der Waals surface area contributed by atoms with Gasteiger partial charge in [0.05, 0.1) is 14.2 Å². The van der Waals surface area contributed by atoms with E-state index < -0.39 is 0 Å². The summed E-state index contributed by atoms with van der Waals surface area (Å²) in [6.07, 6.45) is 12.2. The van der Waals surface area contributed by atoms with Crippen LogP contribution in [0.5, 0.6) is 11.5 Å². The Labute approximate surface area is 342 Å². The Kier molecular flexibility index (Phi) is 11.8. The molecule has 5 nitrogen and oxygen atoms in total. The van der Waals surface area contributed by atoms with Crippen molar-refractivity contribution in [1.29, 1.82) is 10.5 Å². The molecule has 0 saturated heterocycles. The standard InChI is InChI=1S/C53H45N3O2/c1-53(2)34-39(31-44(35-53)45(36-54)37-55)16-20-43-33-51(40-21-27-49(57-3)28-22-40)42(32-52(43)41-23-29-50(58-4)30-24-41)19-15-38-17-25-48(26-18-38)56(46-11-7-5-8-12-46)47-13-9-6-10-14-47/h5-33H,34-35H2,1-4H3/b19-15+,20-16+. The molecule has 0 radical (unpaired) electrons. The summed E-state index contributed by atoms with van der Waals surface area (Å²) in [6.45, 7) is 4.37. The van der Waals surface area contributed by atoms with Gasteiger partial charge in [-0.2, -0.15) is 10.5 Å². The molecule has 284 valence electrons. The first-order valence-electron chi connectivity index (χ1n) is 19.3. The van der Waals surface area contributed by atoms with E-state index in [1.807, 2.05) is 42.5 Å². The zero-order valence-corrected chi connectivity index (χ0v) is 33.3. The molecule has 1 aliphatic carbocycles. The van der Waals surface area contributed by atoms with Crippen molar-refractivity contribution in [2.45, 2.75) is 26.7 Å². The van der Waals surface area contributed by atoms with Crippen LogP contribution in [-0.2, 0) is 0 Å². The van der Waals surface area contributed by atoms with Crippen LogP contribution in [0.1, 0.15) is 43.4 Å². The van der Waals surface area contributed by atoms with Gasteiger partial charge in [-0.1, -0.05) is 117 Å². The SMILES string of the molecule is COc1ccc(-c2cc(/C=C/c3ccc(N(c4ccccc4)c4ccccc4)cc3)c(-c3ccc(OC)cc3)cc2/C=C/C2=CC(=C(C#N)C#N)CC(C)(C)C2)cc1. The summed E-state index contributed by atoms with van der Waals surface area (Å²) in [4.78, 5) is 2.26. The van der Waals surface area contributed by atoms with Crippen molar-refractivity contribution in [3.8, 4) is 45.9 Å². The lowest BCUT2D eigenvalue weighted by Gasteiger charge is -2.30. The molecule has 0 amide bonds. The smallest absolute Gasteiger partial charge is 0.132 e. The third-order valence-corrected chi connectivity index (χ3v) is 10.4. The van der Waals surface area contributed by atoms with Crippen LogP contribution in [0, 0.1) is 28.1 Å². The molecule has 0 aliphatic heterocycles. The molecule has 0 heterocycles. The summed E-state index contributed by atoms with van der Waals surface area (Å²) >= 11 is 0. The van der Waals surface area contributed by atoms with Gasteiger partial charge in [-0.05, 0) is 141 Å². The van der Waals surface area contributed by atoms with Gasteiger partial charge in [0, 0.05) is 17.1 Å². The second-order valence-electron chi connectivity index (χ2n) is 15.1. The van der Waals surface area contributed by atoms with Crippen molar-refractivity contribution in [1.82, 2.24) is 0 Å². The van der Waals surface area contributed by atoms with Gasteiger partial charge in [-0.25, -0.2) is 0 Å². The molecule has 0 saturated carbocycles. The Morgan fingerprint density at radius 2 is 1.03 bits per heavy atom. The lowest BCUT2D eigenvalue weighted by molar-refractivity contribution is 0.354. The molecule has 7 rings (SSSR count). The third-order valence-electron chi connectivity index (χ3n) is 10.4. The number of anilines is 3. The van der Waals surface area contributed by atoms with Gasteiger partial charge in [-0.3, -0.25) is 0 Å². The second-order valence-corrected chi connectivity index (χ2v) is 15.1. The highest BCUT2D eigenvalue weighted by molar-refractivity contribution is 5.89. The van der Waals surface area contributed by atoms with E-state index >= 15 is 0 Å². The quantitative estimate of drug-likeness (QED) is 0.0973. The van der Waals surface area contributed by atoms with Crippen LogP contribution in [0.4, 0.5) is 17.1 Å². The lowest BCUT2D eigenvalue weighted by Crippen LogP contribution is -2.17. The number of rotatable bonds is 11. The van der Waals surface area contributed by atoms with Crippen molar-refractivity contribution in [2.24, 2.45) is 5.41 Å². The molecule has 0 fully saturated rings. The molecule has 0 spiro atoms. The maximum atomic E-state index is 9.67. The summed E-state index contributed by atoms with van der Waals surface area (Å²) in [7, 11) is 3.35. The monoisotopic (exact) mass is 755 g/mol. The Morgan fingerprint density at radius 3 is 1.50 bits per heavy atom. The highest BCUT2D eigenvalue weighted by Gasteiger charge is 2.26. The number of ether oxygens (including phenoxy) is 2. The van der Waals surface area contributed by atoms with E-state index in [0.717, 1.165) is 85.1 Å². The average molecular weight is 756 g/mol. The van der Waals surface area contributed by atoms with Gasteiger partial charge in [0.2, 0.25) is 0 Å². The summed E-state index contributed by atoms with van der Waals surface area (Å²) in [5, 5.41) is 19.3. The van der Waals surface area contributed by atoms with Crippen molar-refractivity contribution in [2.75, 3.05) is 19.1 Å². The summed E-state index contributed by atoms with van der Waals surface area (Å²) in [5.74, 6) is 1.58. The predicted molar refractivity (Wildman–Crippen MR) is 239 cm³/mol. The maximum Gasteiger partial charge on any atom is 0.132 e. The van der Waals surface area contributed by atoms with E-state index in [0.29, 0.717) is 6.42 Å². The number of methoxy groups -OCH3 is 2. The third kappa shape index (κ3) is 9.03. The zero-order valence-electron chi connectivity index (χ0n) is 33.3. The van der Waals surface area contributed by atoms with E-state index in [-0.39, 0.29) is 11.0 Å². The van der Waals surface area contributed by atoms with E-state index in [1.165, 1.54) is 0 Å². The first-order valence-corrected chi connectivity index (χ1v) is 19.3. The molecule has 6 aromatic rings. The molecule has 0 atom stereocenters. The zero-order chi connectivity index (χ0) is 40.5. The molecule has 0 aromatic heterocycles. The van der Waals surface area contributed by atoms with Gasteiger partial charge in [0.1, 0.15) is 29.2 Å². The van der Waals surface area contributed by atoms with Gasteiger partial charge in [0.25, 0.3) is 0 Å². The minimum Gasteiger partial charge on any atom is -0.497 e. The summed E-state index contributed by atoms with van der Waals surface area (Å²) in [5.41, 5.74) is 12.6. The Bertz CT molecular complexity index is 2530. The number of benzene rings is 6. The van der Waals surface area contributed by atoms with Crippen LogP contribution in [0.15, 0.2) is 174 Å². The second kappa shape index (κ2) is 17.6. The molecule has 5 heteroatoms. The Morgan fingerprint density at radius 1 is 0.569 bits per heavy atom. The number of nitrogens with zero attached hydrogens (tertiary/aromatic N) is 3. The Balaban J connectivity index is 1.33. The van der Waals surface area contributed by atoms with Crippen molar-refractivity contribution >= 4 is 35.3 Å². The molecule has 58 heavy (non-hydrogen) atoms. The summed E-state index contributed by atoms with van der Waals surface area (Å²) < 4.78 is 11.0. The fourth-order valence-corrected chi connectivity index (χ4v) is 7.56. The van der Waals surface area contributed by atoms with Gasteiger partial charge in [0.15, 0.2) is 0 Å². The number of hydrogen-bond donors (Lipinski definition) is 0. The first kappa shape index (κ1) is 38.9.